The lowest BCUT2D eigenvalue weighted by molar-refractivity contribution is -0.137. The van der Waals surface area contributed by atoms with Gasteiger partial charge in [-0.15, -0.1) is 0 Å². The highest BCUT2D eigenvalue weighted by atomic mass is 79.9. The standard InChI is InChI=1S/C38H75BrO2/c1-2-3-4-5-6-7-8-9-10-11-12-13-14-15-16-17-18-19-20-21-22-23-24-25-26-27-28-31-34-37(39)35-32-29-30-33-36-38(40)41/h37H,2-36H2,1H3,(H,40,41)/t37-/m0/s1. The summed E-state index contributed by atoms with van der Waals surface area (Å²) < 4.78 is 0. The highest BCUT2D eigenvalue weighted by molar-refractivity contribution is 9.09. The molecule has 0 fully saturated rings. The topological polar surface area (TPSA) is 37.3 Å². The summed E-state index contributed by atoms with van der Waals surface area (Å²) in [6, 6.07) is 0. The maximum absolute atomic E-state index is 10.5. The lowest BCUT2D eigenvalue weighted by atomic mass is 10.0. The number of hydrogen-bond donors (Lipinski definition) is 1. The fraction of sp³-hybridized carbons (Fsp3) is 0.974. The van der Waals surface area contributed by atoms with Crippen molar-refractivity contribution in [3.63, 3.8) is 0 Å². The number of alkyl halides is 1. The molecule has 41 heavy (non-hydrogen) atoms. The number of carboxylic acid groups (broad SMARTS) is 1. The molecule has 0 aliphatic heterocycles. The maximum atomic E-state index is 10.5. The van der Waals surface area contributed by atoms with E-state index >= 15 is 0 Å². The molecule has 0 saturated carbocycles. The molecule has 0 aliphatic carbocycles. The van der Waals surface area contributed by atoms with Crippen molar-refractivity contribution < 1.29 is 9.90 Å². The van der Waals surface area contributed by atoms with E-state index < -0.39 is 5.97 Å². The second-order valence-corrected chi connectivity index (χ2v) is 14.6. The largest absolute Gasteiger partial charge is 0.481 e. The first-order valence-electron chi connectivity index (χ1n) is 19.0. The van der Waals surface area contributed by atoms with Crippen LogP contribution in [0, 0.1) is 0 Å². The van der Waals surface area contributed by atoms with Crippen LogP contribution >= 0.6 is 15.9 Å². The van der Waals surface area contributed by atoms with Gasteiger partial charge in [-0.05, 0) is 19.3 Å². The zero-order chi connectivity index (χ0) is 29.9. The third kappa shape index (κ3) is 37.9. The lowest BCUT2D eigenvalue weighted by Gasteiger charge is -2.09. The SMILES string of the molecule is CCCCCCCCCCCCCCCCCCCCCCCCCCCCCC[C@H](Br)CCCCCCC(=O)O. The van der Waals surface area contributed by atoms with E-state index in [-0.39, 0.29) is 0 Å². The lowest BCUT2D eigenvalue weighted by Crippen LogP contribution is -1.98. The van der Waals surface area contributed by atoms with Gasteiger partial charge in [0.15, 0.2) is 0 Å². The average Bonchev–Trinajstić information content (AvgIpc) is 2.96. The van der Waals surface area contributed by atoms with Gasteiger partial charge < -0.3 is 5.11 Å². The summed E-state index contributed by atoms with van der Waals surface area (Å²) in [7, 11) is 0. The van der Waals surface area contributed by atoms with Crippen LogP contribution in [0.1, 0.15) is 232 Å². The van der Waals surface area contributed by atoms with E-state index in [0.717, 1.165) is 12.8 Å². The van der Waals surface area contributed by atoms with E-state index in [1.165, 1.54) is 205 Å². The van der Waals surface area contributed by atoms with E-state index in [1.807, 2.05) is 0 Å². The Morgan fingerprint density at radius 1 is 0.415 bits per heavy atom. The fourth-order valence-corrected chi connectivity index (χ4v) is 6.82. The Labute approximate surface area is 267 Å². The first-order chi connectivity index (χ1) is 20.2. The third-order valence-electron chi connectivity index (χ3n) is 9.03. The molecule has 0 heterocycles. The Morgan fingerprint density at radius 3 is 0.878 bits per heavy atom. The molecular formula is C38H75BrO2. The number of rotatable bonds is 36. The van der Waals surface area contributed by atoms with Crippen LogP contribution in [-0.4, -0.2) is 15.9 Å². The Kier molecular flexibility index (Phi) is 36.1. The fourth-order valence-electron chi connectivity index (χ4n) is 6.18. The normalized spacial score (nSPS) is 12.2. The van der Waals surface area contributed by atoms with E-state index in [1.54, 1.807) is 0 Å². The van der Waals surface area contributed by atoms with Gasteiger partial charge >= 0.3 is 5.97 Å². The van der Waals surface area contributed by atoms with Gasteiger partial charge in [-0.1, -0.05) is 222 Å². The second-order valence-electron chi connectivity index (χ2n) is 13.3. The molecule has 0 aliphatic rings. The molecule has 0 aromatic heterocycles. The molecule has 246 valence electrons. The summed E-state index contributed by atoms with van der Waals surface area (Å²) in [5, 5.41) is 8.67. The molecule has 0 saturated heterocycles. The molecule has 1 N–H and O–H groups in total. The van der Waals surface area contributed by atoms with Crippen molar-refractivity contribution in [2.24, 2.45) is 0 Å². The van der Waals surface area contributed by atoms with E-state index in [9.17, 15) is 4.79 Å². The van der Waals surface area contributed by atoms with Gasteiger partial charge in [0.2, 0.25) is 0 Å². The van der Waals surface area contributed by atoms with Crippen LogP contribution in [0.4, 0.5) is 0 Å². The minimum Gasteiger partial charge on any atom is -0.481 e. The van der Waals surface area contributed by atoms with E-state index in [0.29, 0.717) is 11.2 Å². The summed E-state index contributed by atoms with van der Waals surface area (Å²) in [4.78, 5) is 11.2. The monoisotopic (exact) mass is 642 g/mol. The minimum atomic E-state index is -0.658. The minimum absolute atomic E-state index is 0.331. The number of halogens is 1. The van der Waals surface area contributed by atoms with Gasteiger partial charge in [0.05, 0.1) is 0 Å². The highest BCUT2D eigenvalue weighted by Gasteiger charge is 2.04. The number of hydrogen-bond acceptors (Lipinski definition) is 1. The Balaban J connectivity index is 3.10. The van der Waals surface area contributed by atoms with Gasteiger partial charge in [-0.2, -0.15) is 0 Å². The summed E-state index contributed by atoms with van der Waals surface area (Å²) in [5.74, 6) is -0.658. The van der Waals surface area contributed by atoms with Crippen LogP contribution in [0.5, 0.6) is 0 Å². The van der Waals surface area contributed by atoms with Crippen LogP contribution in [0.3, 0.4) is 0 Å². The Bertz CT molecular complexity index is 495. The quantitative estimate of drug-likeness (QED) is 0.0545. The number of carbonyl (C=O) groups is 1. The molecule has 0 amide bonds. The van der Waals surface area contributed by atoms with Crippen molar-refractivity contribution in [2.45, 2.75) is 236 Å². The first kappa shape index (κ1) is 41.0. The van der Waals surface area contributed by atoms with Gasteiger partial charge in [0, 0.05) is 11.2 Å². The number of unbranched alkanes of at least 4 members (excludes halogenated alkanes) is 30. The van der Waals surface area contributed by atoms with Crippen molar-refractivity contribution in [1.29, 1.82) is 0 Å². The van der Waals surface area contributed by atoms with Crippen LogP contribution in [0.25, 0.3) is 0 Å². The summed E-state index contributed by atoms with van der Waals surface area (Å²) in [6.45, 7) is 2.30. The van der Waals surface area contributed by atoms with E-state index in [4.69, 9.17) is 5.11 Å². The van der Waals surface area contributed by atoms with Crippen molar-refractivity contribution in [3.8, 4) is 0 Å². The van der Waals surface area contributed by atoms with Crippen molar-refractivity contribution in [1.82, 2.24) is 0 Å². The summed E-state index contributed by atoms with van der Waals surface area (Å²) in [5.41, 5.74) is 0. The van der Waals surface area contributed by atoms with Crippen LogP contribution < -0.4 is 0 Å². The van der Waals surface area contributed by atoms with Gasteiger partial charge in [0.1, 0.15) is 0 Å². The number of carboxylic acids is 1. The van der Waals surface area contributed by atoms with E-state index in [2.05, 4.69) is 22.9 Å². The zero-order valence-electron chi connectivity index (χ0n) is 28.1. The molecule has 2 nitrogen and oxygen atoms in total. The van der Waals surface area contributed by atoms with Crippen LogP contribution in [0.2, 0.25) is 0 Å². The molecule has 1 atom stereocenters. The third-order valence-corrected chi connectivity index (χ3v) is 9.94. The molecule has 0 unspecified atom stereocenters. The molecule has 0 rings (SSSR count). The van der Waals surface area contributed by atoms with Crippen LogP contribution in [-0.2, 0) is 4.79 Å². The molecule has 3 heteroatoms. The molecule has 0 bridgehead atoms. The molecule has 0 spiro atoms. The number of aliphatic carboxylic acids is 1. The first-order valence-corrected chi connectivity index (χ1v) is 19.9. The average molecular weight is 644 g/mol. The Morgan fingerprint density at radius 2 is 0.634 bits per heavy atom. The maximum Gasteiger partial charge on any atom is 0.303 e. The molecular weight excluding hydrogens is 568 g/mol. The predicted molar refractivity (Wildman–Crippen MR) is 188 cm³/mol. The van der Waals surface area contributed by atoms with Crippen molar-refractivity contribution in [3.05, 3.63) is 0 Å². The van der Waals surface area contributed by atoms with Gasteiger partial charge in [0.25, 0.3) is 0 Å². The molecule has 0 aromatic rings. The summed E-state index contributed by atoms with van der Waals surface area (Å²) >= 11 is 3.84. The summed E-state index contributed by atoms with van der Waals surface area (Å²) in [6.07, 6.45) is 47.9. The van der Waals surface area contributed by atoms with Crippen molar-refractivity contribution >= 4 is 21.9 Å². The highest BCUT2D eigenvalue weighted by Crippen LogP contribution is 2.20. The Hall–Kier alpha value is -0.0500. The van der Waals surface area contributed by atoms with Gasteiger partial charge in [-0.3, -0.25) is 4.79 Å². The molecule has 0 aromatic carbocycles. The van der Waals surface area contributed by atoms with Crippen molar-refractivity contribution in [2.75, 3.05) is 0 Å². The zero-order valence-corrected chi connectivity index (χ0v) is 29.6. The smallest absolute Gasteiger partial charge is 0.303 e. The van der Waals surface area contributed by atoms with Crippen LogP contribution in [0.15, 0.2) is 0 Å². The second kappa shape index (κ2) is 36.1. The van der Waals surface area contributed by atoms with Gasteiger partial charge in [-0.25, -0.2) is 0 Å². The predicted octanol–water partition coefficient (Wildman–Crippen LogP) is 14.5. The molecule has 0 radical (unpaired) electrons.